The topological polar surface area (TPSA) is 75.2 Å². The van der Waals surface area contributed by atoms with E-state index in [2.05, 4.69) is 0 Å². The van der Waals surface area contributed by atoms with E-state index < -0.39 is 17.7 Å². The quantitative estimate of drug-likeness (QED) is 0.767. The van der Waals surface area contributed by atoms with Gasteiger partial charge in [0.05, 0.1) is 43.9 Å². The van der Waals surface area contributed by atoms with Crippen molar-refractivity contribution < 1.29 is 24.0 Å². The molecule has 0 aromatic carbocycles. The van der Waals surface area contributed by atoms with Crippen molar-refractivity contribution in [3.8, 4) is 0 Å². The van der Waals surface area contributed by atoms with Crippen LogP contribution in [0.2, 0.25) is 0 Å². The number of rotatable bonds is 6. The van der Waals surface area contributed by atoms with Gasteiger partial charge in [0.1, 0.15) is 11.8 Å². The molecule has 2 N–H and O–H groups in total. The molecule has 0 spiro atoms. The van der Waals surface area contributed by atoms with Crippen LogP contribution >= 0.6 is 11.3 Å². The average molecular weight is 347 g/mol. The largest absolute Gasteiger partial charge is 0.503 e. The molecular formula is C17H19N2O4S+. The van der Waals surface area contributed by atoms with Crippen LogP contribution in [0.4, 0.5) is 0 Å². The molecule has 1 aliphatic heterocycles. The number of ketones is 1. The highest BCUT2D eigenvalue weighted by Crippen LogP contribution is 2.39. The zero-order chi connectivity index (χ0) is 17.3. The summed E-state index contributed by atoms with van der Waals surface area (Å²) in [7, 11) is 3.96. The summed E-state index contributed by atoms with van der Waals surface area (Å²) in [5, 5.41) is 12.1. The number of carbonyl (C=O) groups is 2. The van der Waals surface area contributed by atoms with Crippen LogP contribution in [0.5, 0.6) is 0 Å². The molecule has 6 nitrogen and oxygen atoms in total. The molecule has 0 radical (unpaired) electrons. The van der Waals surface area contributed by atoms with Gasteiger partial charge in [0, 0.05) is 0 Å². The minimum atomic E-state index is -0.693. The molecule has 2 aromatic rings. The van der Waals surface area contributed by atoms with Gasteiger partial charge in [-0.15, -0.1) is 11.3 Å². The van der Waals surface area contributed by atoms with Crippen molar-refractivity contribution in [3.63, 3.8) is 0 Å². The van der Waals surface area contributed by atoms with Crippen molar-refractivity contribution in [2.24, 2.45) is 0 Å². The van der Waals surface area contributed by atoms with E-state index in [1.807, 2.05) is 14.1 Å². The summed E-state index contributed by atoms with van der Waals surface area (Å²) in [6.07, 6.45) is 1.50. The molecule has 3 rings (SSSR count). The van der Waals surface area contributed by atoms with Crippen molar-refractivity contribution >= 4 is 23.0 Å². The number of likely N-dealkylation sites (N-methyl/N-ethyl adjacent to an activating group) is 1. The number of Topliss-reactive ketones (excluding diaryl/α,β-unsaturated/α-hetero) is 1. The number of quaternary nitrogens is 1. The second kappa shape index (κ2) is 6.62. The van der Waals surface area contributed by atoms with Crippen LogP contribution in [0.15, 0.2) is 51.7 Å². The van der Waals surface area contributed by atoms with E-state index in [-0.39, 0.29) is 11.4 Å². The number of thiophene rings is 1. The van der Waals surface area contributed by atoms with Crippen molar-refractivity contribution in [2.75, 3.05) is 27.2 Å². The van der Waals surface area contributed by atoms with E-state index in [1.54, 1.807) is 29.6 Å². The van der Waals surface area contributed by atoms with Crippen molar-refractivity contribution in [2.45, 2.75) is 6.04 Å². The molecule has 1 aliphatic rings. The van der Waals surface area contributed by atoms with E-state index in [4.69, 9.17) is 4.42 Å². The first-order valence-corrected chi connectivity index (χ1v) is 8.53. The van der Waals surface area contributed by atoms with E-state index in [1.165, 1.54) is 27.4 Å². The molecule has 2 aromatic heterocycles. The third kappa shape index (κ3) is 2.88. The Morgan fingerprint density at radius 1 is 1.38 bits per heavy atom. The summed E-state index contributed by atoms with van der Waals surface area (Å²) in [4.78, 5) is 28.5. The first-order valence-electron chi connectivity index (χ1n) is 7.65. The number of aliphatic hydroxyl groups excluding tert-OH is 1. The molecule has 0 aliphatic carbocycles. The second-order valence-electron chi connectivity index (χ2n) is 5.94. The molecule has 0 bridgehead atoms. The van der Waals surface area contributed by atoms with Gasteiger partial charge in [-0.1, -0.05) is 6.07 Å². The summed E-state index contributed by atoms with van der Waals surface area (Å²) in [5.41, 5.74) is 0.0890. The number of furan rings is 1. The number of carbonyl (C=O) groups excluding carboxylic acids is 2. The Balaban J connectivity index is 2.01. The molecule has 1 amide bonds. The molecule has 24 heavy (non-hydrogen) atoms. The van der Waals surface area contributed by atoms with Gasteiger partial charge in [-0.25, -0.2) is 0 Å². The zero-order valence-corrected chi connectivity index (χ0v) is 14.3. The molecule has 0 saturated carbocycles. The summed E-state index contributed by atoms with van der Waals surface area (Å²) in [6.45, 7) is 1.11. The molecule has 1 atom stereocenters. The fourth-order valence-corrected chi connectivity index (χ4v) is 3.42. The maximum Gasteiger partial charge on any atom is 0.290 e. The van der Waals surface area contributed by atoms with E-state index in [0.717, 1.165) is 0 Å². The van der Waals surface area contributed by atoms with Crippen LogP contribution in [0.25, 0.3) is 0 Å². The van der Waals surface area contributed by atoms with Gasteiger partial charge in [-0.2, -0.15) is 0 Å². The molecule has 7 heteroatoms. The molecule has 3 heterocycles. The Hall–Kier alpha value is -2.38. The highest BCUT2D eigenvalue weighted by molar-refractivity contribution is 7.12. The van der Waals surface area contributed by atoms with Gasteiger partial charge in [0.15, 0.2) is 5.76 Å². The number of nitrogens with one attached hydrogen (secondary N) is 1. The lowest BCUT2D eigenvalue weighted by Gasteiger charge is -2.25. The molecule has 0 unspecified atom stereocenters. The SMILES string of the molecule is C[NH+](C)CCN1C(=O)C(O)=C(C(=O)c2cccs2)[C@@H]1c1ccco1. The second-order valence-corrected chi connectivity index (χ2v) is 6.89. The van der Waals surface area contributed by atoms with Gasteiger partial charge >= 0.3 is 0 Å². The third-order valence-electron chi connectivity index (χ3n) is 3.96. The highest BCUT2D eigenvalue weighted by atomic mass is 32.1. The van der Waals surface area contributed by atoms with Crippen LogP contribution in [-0.4, -0.2) is 48.9 Å². The molecule has 0 fully saturated rings. The number of aliphatic hydroxyl groups is 1. The predicted molar refractivity (Wildman–Crippen MR) is 89.1 cm³/mol. The van der Waals surface area contributed by atoms with Crippen LogP contribution in [0, 0.1) is 0 Å². The van der Waals surface area contributed by atoms with E-state index in [9.17, 15) is 14.7 Å². The van der Waals surface area contributed by atoms with Crippen LogP contribution in [-0.2, 0) is 4.79 Å². The third-order valence-corrected chi connectivity index (χ3v) is 4.83. The van der Waals surface area contributed by atoms with Crippen molar-refractivity contribution in [1.29, 1.82) is 0 Å². The summed E-state index contributed by atoms with van der Waals surface area (Å²) in [5.74, 6) is -0.876. The number of hydrogen-bond donors (Lipinski definition) is 2. The van der Waals surface area contributed by atoms with Crippen LogP contribution in [0.3, 0.4) is 0 Å². The Bertz CT molecular complexity index is 763. The zero-order valence-electron chi connectivity index (χ0n) is 13.5. The first-order chi connectivity index (χ1) is 11.5. The van der Waals surface area contributed by atoms with Gasteiger partial charge in [0.2, 0.25) is 5.78 Å². The summed E-state index contributed by atoms with van der Waals surface area (Å²) < 4.78 is 5.45. The van der Waals surface area contributed by atoms with Crippen LogP contribution in [0.1, 0.15) is 21.5 Å². The van der Waals surface area contributed by atoms with Gasteiger partial charge < -0.3 is 19.3 Å². The number of amides is 1. The van der Waals surface area contributed by atoms with Gasteiger partial charge in [0.25, 0.3) is 5.91 Å². The maximum atomic E-state index is 12.8. The lowest BCUT2D eigenvalue weighted by molar-refractivity contribution is -0.857. The van der Waals surface area contributed by atoms with Crippen molar-refractivity contribution in [3.05, 3.63) is 57.9 Å². The fraction of sp³-hybridized carbons (Fsp3) is 0.294. The Kier molecular flexibility index (Phi) is 4.55. The number of hydrogen-bond acceptors (Lipinski definition) is 5. The molecular weight excluding hydrogens is 328 g/mol. The lowest BCUT2D eigenvalue weighted by atomic mass is 10.0. The monoisotopic (exact) mass is 347 g/mol. The van der Waals surface area contributed by atoms with Crippen LogP contribution < -0.4 is 4.90 Å². The van der Waals surface area contributed by atoms with Crippen molar-refractivity contribution in [1.82, 2.24) is 4.90 Å². The molecule has 0 saturated heterocycles. The summed E-state index contributed by atoms with van der Waals surface area (Å²) in [6, 6.07) is 6.18. The van der Waals surface area contributed by atoms with E-state index >= 15 is 0 Å². The van der Waals surface area contributed by atoms with Gasteiger partial charge in [-0.05, 0) is 23.6 Å². The standard InChI is InChI=1S/C17H18N2O4S/c1-18(2)7-8-19-14(11-5-3-9-23-11)13(16(21)17(19)22)15(20)12-6-4-10-24-12/h3-6,9-10,14,21H,7-8H2,1-2H3/p+1/t14-/m0/s1. The smallest absolute Gasteiger partial charge is 0.290 e. The molecule has 126 valence electrons. The number of nitrogens with zero attached hydrogens (tertiary/aromatic N) is 1. The predicted octanol–water partition coefficient (Wildman–Crippen LogP) is 1.06. The average Bonchev–Trinajstić information content (AvgIpc) is 3.27. The Labute approximate surface area is 143 Å². The Morgan fingerprint density at radius 2 is 2.17 bits per heavy atom. The lowest BCUT2D eigenvalue weighted by Crippen LogP contribution is -3.06. The van der Waals surface area contributed by atoms with Gasteiger partial charge in [-0.3, -0.25) is 9.59 Å². The maximum absolute atomic E-state index is 12.8. The fourth-order valence-electron chi connectivity index (χ4n) is 2.74. The van der Waals surface area contributed by atoms with E-state index in [0.29, 0.717) is 23.7 Å². The first kappa shape index (κ1) is 16.5. The minimum absolute atomic E-state index is 0.0890. The normalized spacial score (nSPS) is 18.0. The minimum Gasteiger partial charge on any atom is -0.503 e. The summed E-state index contributed by atoms with van der Waals surface area (Å²) >= 11 is 1.28. The Morgan fingerprint density at radius 3 is 2.75 bits per heavy atom. The highest BCUT2D eigenvalue weighted by Gasteiger charge is 2.45.